The maximum atomic E-state index is 13.7. The Labute approximate surface area is 117 Å². The van der Waals surface area contributed by atoms with E-state index in [0.29, 0.717) is 11.1 Å². The minimum Gasteiger partial charge on any atom is -0.478 e. The van der Waals surface area contributed by atoms with Crippen molar-refractivity contribution in [3.63, 3.8) is 0 Å². The second-order valence-electron chi connectivity index (χ2n) is 4.72. The third kappa shape index (κ3) is 2.96. The van der Waals surface area contributed by atoms with Crippen LogP contribution in [0.5, 0.6) is 0 Å². The molecule has 0 amide bonds. The van der Waals surface area contributed by atoms with Gasteiger partial charge >= 0.3 is 5.97 Å². The third-order valence-corrected chi connectivity index (χ3v) is 3.21. The molecule has 0 radical (unpaired) electrons. The van der Waals surface area contributed by atoms with E-state index >= 15 is 0 Å². The van der Waals surface area contributed by atoms with E-state index < -0.39 is 5.97 Å². The van der Waals surface area contributed by atoms with Gasteiger partial charge in [-0.15, -0.1) is 0 Å². The molecule has 4 heteroatoms. The third-order valence-electron chi connectivity index (χ3n) is 3.21. The molecule has 0 saturated carbocycles. The van der Waals surface area contributed by atoms with E-state index in [1.165, 1.54) is 6.07 Å². The van der Waals surface area contributed by atoms with Crippen LogP contribution in [0.1, 0.15) is 34.5 Å². The first-order valence-electron chi connectivity index (χ1n) is 6.34. The zero-order valence-corrected chi connectivity index (χ0v) is 11.4. The fourth-order valence-corrected chi connectivity index (χ4v) is 2.15. The van der Waals surface area contributed by atoms with Gasteiger partial charge in [-0.3, -0.25) is 0 Å². The summed E-state index contributed by atoms with van der Waals surface area (Å²) in [5, 5.41) is 12.2. The second kappa shape index (κ2) is 5.74. The molecular formula is C16H16FNO2. The second-order valence-corrected chi connectivity index (χ2v) is 4.72. The zero-order valence-electron chi connectivity index (χ0n) is 11.4. The van der Waals surface area contributed by atoms with Crippen LogP contribution in [0.2, 0.25) is 0 Å². The largest absolute Gasteiger partial charge is 0.478 e. The van der Waals surface area contributed by atoms with Gasteiger partial charge < -0.3 is 10.4 Å². The van der Waals surface area contributed by atoms with Crippen LogP contribution in [-0.4, -0.2) is 11.1 Å². The van der Waals surface area contributed by atoms with Crippen molar-refractivity contribution in [2.24, 2.45) is 0 Å². The van der Waals surface area contributed by atoms with Crippen LogP contribution < -0.4 is 5.32 Å². The van der Waals surface area contributed by atoms with Gasteiger partial charge in [-0.25, -0.2) is 9.18 Å². The number of benzene rings is 2. The number of nitrogens with one attached hydrogen (secondary N) is 1. The highest BCUT2D eigenvalue weighted by atomic mass is 19.1. The molecule has 2 aromatic carbocycles. The van der Waals surface area contributed by atoms with Crippen LogP contribution in [0.15, 0.2) is 42.5 Å². The molecule has 0 aliphatic rings. The Hall–Kier alpha value is -2.36. The number of hydrogen-bond donors (Lipinski definition) is 2. The smallest absolute Gasteiger partial charge is 0.335 e. The fraction of sp³-hybridized carbons (Fsp3) is 0.188. The predicted octanol–water partition coefficient (Wildman–Crippen LogP) is 4.01. The van der Waals surface area contributed by atoms with Crippen molar-refractivity contribution >= 4 is 11.7 Å². The zero-order chi connectivity index (χ0) is 14.7. The number of hydrogen-bond acceptors (Lipinski definition) is 2. The summed E-state index contributed by atoms with van der Waals surface area (Å²) >= 11 is 0. The van der Waals surface area contributed by atoms with Crippen LogP contribution in [0, 0.1) is 12.7 Å². The van der Waals surface area contributed by atoms with Crippen molar-refractivity contribution in [1.82, 2.24) is 0 Å². The average molecular weight is 273 g/mol. The summed E-state index contributed by atoms with van der Waals surface area (Å²) in [6.07, 6.45) is 0. The molecule has 2 N–H and O–H groups in total. The highest BCUT2D eigenvalue weighted by Crippen LogP contribution is 2.23. The van der Waals surface area contributed by atoms with Gasteiger partial charge in [-0.05, 0) is 43.7 Å². The minimum absolute atomic E-state index is 0.203. The van der Waals surface area contributed by atoms with E-state index in [0.717, 1.165) is 5.69 Å². The molecular weight excluding hydrogens is 257 g/mol. The van der Waals surface area contributed by atoms with Gasteiger partial charge in [0.15, 0.2) is 0 Å². The van der Waals surface area contributed by atoms with Gasteiger partial charge in [0.1, 0.15) is 5.82 Å². The van der Waals surface area contributed by atoms with Crippen LogP contribution in [0.3, 0.4) is 0 Å². The maximum Gasteiger partial charge on any atom is 0.335 e. The van der Waals surface area contributed by atoms with Gasteiger partial charge in [0.2, 0.25) is 0 Å². The lowest BCUT2D eigenvalue weighted by atomic mass is 10.1. The lowest BCUT2D eigenvalue weighted by Crippen LogP contribution is -2.09. The van der Waals surface area contributed by atoms with Gasteiger partial charge in [0, 0.05) is 11.3 Å². The molecule has 1 unspecified atom stereocenters. The molecule has 0 spiro atoms. The Morgan fingerprint density at radius 1 is 1.25 bits per heavy atom. The minimum atomic E-state index is -0.948. The first-order chi connectivity index (χ1) is 9.49. The van der Waals surface area contributed by atoms with Crippen LogP contribution in [0.25, 0.3) is 0 Å². The van der Waals surface area contributed by atoms with Crippen molar-refractivity contribution in [2.75, 3.05) is 5.32 Å². The Morgan fingerprint density at radius 3 is 2.55 bits per heavy atom. The number of carboxylic acids is 1. The van der Waals surface area contributed by atoms with E-state index in [-0.39, 0.29) is 17.4 Å². The Bertz CT molecular complexity index is 640. The first-order valence-corrected chi connectivity index (χ1v) is 6.34. The van der Waals surface area contributed by atoms with E-state index in [9.17, 15) is 9.18 Å². The Morgan fingerprint density at radius 2 is 1.95 bits per heavy atom. The molecule has 0 fully saturated rings. The molecule has 0 aliphatic heterocycles. The number of carboxylic acid groups (broad SMARTS) is 1. The normalized spacial score (nSPS) is 11.9. The summed E-state index contributed by atoms with van der Waals surface area (Å²) in [5.74, 6) is -1.21. The molecule has 0 bridgehead atoms. The summed E-state index contributed by atoms with van der Waals surface area (Å²) < 4.78 is 13.7. The average Bonchev–Trinajstić information content (AvgIpc) is 2.38. The summed E-state index contributed by atoms with van der Waals surface area (Å²) in [4.78, 5) is 11.0. The molecule has 0 saturated heterocycles. The number of anilines is 1. The molecule has 2 aromatic rings. The summed E-state index contributed by atoms with van der Waals surface area (Å²) in [7, 11) is 0. The quantitative estimate of drug-likeness (QED) is 0.885. The standard InChI is InChI=1S/C16H16FNO2/c1-10-9-12(7-8-13(10)16(19)20)18-11(2)14-5-3-4-6-15(14)17/h3-9,11,18H,1-2H3,(H,19,20). The van der Waals surface area contributed by atoms with Crippen molar-refractivity contribution in [3.8, 4) is 0 Å². The van der Waals surface area contributed by atoms with Crippen molar-refractivity contribution in [1.29, 1.82) is 0 Å². The molecule has 3 nitrogen and oxygen atoms in total. The Kier molecular flexibility index (Phi) is 4.03. The van der Waals surface area contributed by atoms with Gasteiger partial charge in [-0.2, -0.15) is 0 Å². The lowest BCUT2D eigenvalue weighted by molar-refractivity contribution is 0.0696. The van der Waals surface area contributed by atoms with Gasteiger partial charge in [-0.1, -0.05) is 18.2 Å². The molecule has 104 valence electrons. The van der Waals surface area contributed by atoms with E-state index in [4.69, 9.17) is 5.11 Å². The molecule has 20 heavy (non-hydrogen) atoms. The summed E-state index contributed by atoms with van der Waals surface area (Å²) in [6, 6.07) is 11.4. The number of rotatable bonds is 4. The van der Waals surface area contributed by atoms with Crippen molar-refractivity contribution < 1.29 is 14.3 Å². The first kappa shape index (κ1) is 14.1. The highest BCUT2D eigenvalue weighted by Gasteiger charge is 2.12. The van der Waals surface area contributed by atoms with E-state index in [1.54, 1.807) is 43.3 Å². The predicted molar refractivity (Wildman–Crippen MR) is 76.6 cm³/mol. The van der Waals surface area contributed by atoms with E-state index in [2.05, 4.69) is 5.32 Å². The number of halogens is 1. The SMILES string of the molecule is Cc1cc(NC(C)c2ccccc2F)ccc1C(=O)O. The number of aryl methyl sites for hydroxylation is 1. The molecule has 0 aliphatic carbocycles. The lowest BCUT2D eigenvalue weighted by Gasteiger charge is -2.17. The van der Waals surface area contributed by atoms with Crippen LogP contribution in [-0.2, 0) is 0 Å². The topological polar surface area (TPSA) is 49.3 Å². The van der Waals surface area contributed by atoms with Crippen molar-refractivity contribution in [3.05, 3.63) is 65.0 Å². The molecule has 1 atom stereocenters. The highest BCUT2D eigenvalue weighted by molar-refractivity contribution is 5.89. The van der Waals surface area contributed by atoms with Crippen LogP contribution in [0.4, 0.5) is 10.1 Å². The summed E-state index contributed by atoms with van der Waals surface area (Å²) in [6.45, 7) is 3.60. The molecule has 2 rings (SSSR count). The Balaban J connectivity index is 2.20. The van der Waals surface area contributed by atoms with E-state index in [1.807, 2.05) is 6.92 Å². The molecule has 0 aromatic heterocycles. The summed E-state index contributed by atoms with van der Waals surface area (Å²) in [5.41, 5.74) is 2.29. The number of aromatic carboxylic acids is 1. The number of carbonyl (C=O) groups is 1. The molecule has 0 heterocycles. The monoisotopic (exact) mass is 273 g/mol. The van der Waals surface area contributed by atoms with Gasteiger partial charge in [0.05, 0.1) is 11.6 Å². The van der Waals surface area contributed by atoms with Gasteiger partial charge in [0.25, 0.3) is 0 Å². The fourth-order valence-electron chi connectivity index (χ4n) is 2.15. The van der Waals surface area contributed by atoms with Crippen molar-refractivity contribution in [2.45, 2.75) is 19.9 Å². The maximum absolute atomic E-state index is 13.7. The van der Waals surface area contributed by atoms with Crippen LogP contribution >= 0.6 is 0 Å².